The number of benzene rings is 4. The molecule has 0 fully saturated rings. The van der Waals surface area contributed by atoms with Gasteiger partial charge in [-0.1, -0.05) is 42.5 Å². The second kappa shape index (κ2) is 14.5. The van der Waals surface area contributed by atoms with Gasteiger partial charge in [0.25, 0.3) is 0 Å². The molecule has 0 radical (unpaired) electrons. The van der Waals surface area contributed by atoms with E-state index in [9.17, 15) is 36.7 Å². The maximum Gasteiger partial charge on any atom is 0.337 e. The minimum atomic E-state index is -3.34. The van der Waals surface area contributed by atoms with E-state index < -0.39 is 32.8 Å². The summed E-state index contributed by atoms with van der Waals surface area (Å²) < 4.78 is 45.1. The fourth-order valence-electron chi connectivity index (χ4n) is 4.15. The van der Waals surface area contributed by atoms with E-state index in [-0.39, 0.29) is 26.9 Å². The van der Waals surface area contributed by atoms with Crippen LogP contribution >= 0.6 is 0 Å². The van der Waals surface area contributed by atoms with Gasteiger partial charge < -0.3 is 20.3 Å². The molecule has 230 valence electrons. The van der Waals surface area contributed by atoms with Crippen molar-refractivity contribution in [3.8, 4) is 0 Å². The zero-order valence-electron chi connectivity index (χ0n) is 23.8. The maximum atomic E-state index is 12.5. The minimum Gasteiger partial charge on any atom is -0.768 e. The number of carboxylic acids is 1. The van der Waals surface area contributed by atoms with Gasteiger partial charge in [0, 0.05) is 29.0 Å². The Morgan fingerprint density at radius 1 is 0.778 bits per heavy atom. The molecule has 0 bridgehead atoms. The van der Waals surface area contributed by atoms with Crippen molar-refractivity contribution in [3.05, 3.63) is 131 Å². The number of aromatic carboxylic acids is 1. The number of carboxylic acid groups (broad SMARTS) is 1. The molecule has 4 aromatic carbocycles. The van der Waals surface area contributed by atoms with Crippen LogP contribution in [0.1, 0.15) is 32.6 Å². The molecule has 4 aromatic rings. The van der Waals surface area contributed by atoms with Gasteiger partial charge in [0.1, 0.15) is 0 Å². The van der Waals surface area contributed by atoms with E-state index in [2.05, 4.69) is 10.6 Å². The Labute approximate surface area is 262 Å². The lowest BCUT2D eigenvalue weighted by Crippen LogP contribution is -2.12. The smallest absolute Gasteiger partial charge is 0.337 e. The standard InChI is InChI=1S/C33H28N2O8S2/c1-45(42,43)28-15-6-23(7-16-28)10-19-32(37)35-30-17-8-25(21-29(30)33(38)39)20-24-2-11-26(12-3-24)34-31(36)18-9-22-4-13-27(14-5-22)44(40)41/h2-19,21H,20H2,1H3,(H,34,36)(H,35,37)(H,38,39)(H,40,41)/p-1. The van der Waals surface area contributed by atoms with E-state index >= 15 is 0 Å². The van der Waals surface area contributed by atoms with Crippen LogP contribution in [0.2, 0.25) is 0 Å². The monoisotopic (exact) mass is 643 g/mol. The summed E-state index contributed by atoms with van der Waals surface area (Å²) in [5.41, 5.74) is 3.40. The fraction of sp³-hybridized carbons (Fsp3) is 0.0606. The molecule has 0 aromatic heterocycles. The van der Waals surface area contributed by atoms with E-state index in [1.807, 2.05) is 0 Å². The number of nitrogens with one attached hydrogen (secondary N) is 2. The number of carbonyl (C=O) groups excluding carboxylic acids is 2. The van der Waals surface area contributed by atoms with Gasteiger partial charge in [-0.25, -0.2) is 13.2 Å². The second-order valence-corrected chi connectivity index (χ2v) is 12.8. The normalized spacial score (nSPS) is 12.2. The Bertz CT molecular complexity index is 1920. The summed E-state index contributed by atoms with van der Waals surface area (Å²) in [5, 5.41) is 15.1. The van der Waals surface area contributed by atoms with Crippen LogP contribution < -0.4 is 10.6 Å². The summed E-state index contributed by atoms with van der Waals surface area (Å²) in [7, 11) is -3.34. The lowest BCUT2D eigenvalue weighted by atomic mass is 10.0. The number of hydrogen-bond acceptors (Lipinski definition) is 7. The first-order valence-corrected chi connectivity index (χ1v) is 16.3. The molecule has 1 unspecified atom stereocenters. The first kappa shape index (κ1) is 32.7. The molecule has 12 heteroatoms. The molecule has 0 saturated heterocycles. The number of sulfone groups is 1. The van der Waals surface area contributed by atoms with Crippen molar-refractivity contribution in [1.82, 2.24) is 0 Å². The minimum absolute atomic E-state index is 0.0849. The fourth-order valence-corrected chi connectivity index (χ4v) is 5.14. The highest BCUT2D eigenvalue weighted by atomic mass is 32.2. The molecular weight excluding hydrogens is 617 g/mol. The largest absolute Gasteiger partial charge is 0.768 e. The molecule has 0 aliphatic rings. The Balaban J connectivity index is 1.35. The van der Waals surface area contributed by atoms with Crippen LogP contribution in [-0.4, -0.2) is 46.3 Å². The van der Waals surface area contributed by atoms with Crippen LogP contribution in [-0.2, 0) is 36.9 Å². The van der Waals surface area contributed by atoms with Crippen LogP contribution in [0.4, 0.5) is 11.4 Å². The van der Waals surface area contributed by atoms with Crippen molar-refractivity contribution in [2.75, 3.05) is 16.9 Å². The van der Waals surface area contributed by atoms with E-state index in [0.717, 1.165) is 11.8 Å². The Morgan fingerprint density at radius 3 is 1.84 bits per heavy atom. The predicted octanol–water partition coefficient (Wildman–Crippen LogP) is 4.92. The average molecular weight is 644 g/mol. The SMILES string of the molecule is CS(=O)(=O)c1ccc(C=CC(=O)Nc2ccc(Cc3ccc(NC(=O)C=Cc4ccc(S(=O)[O-])cc4)cc3)cc2C(=O)O)cc1. The predicted molar refractivity (Wildman–Crippen MR) is 171 cm³/mol. The molecule has 2 amide bonds. The molecule has 0 saturated carbocycles. The lowest BCUT2D eigenvalue weighted by Gasteiger charge is -2.10. The quantitative estimate of drug-likeness (QED) is 0.153. The summed E-state index contributed by atoms with van der Waals surface area (Å²) in [6, 6.07) is 23.8. The Hall–Kier alpha value is -5.17. The first-order valence-electron chi connectivity index (χ1n) is 13.3. The molecular formula is C33H27N2O8S2-. The maximum absolute atomic E-state index is 12.5. The van der Waals surface area contributed by atoms with E-state index in [0.29, 0.717) is 28.8 Å². The van der Waals surface area contributed by atoms with E-state index in [1.54, 1.807) is 60.7 Å². The molecule has 45 heavy (non-hydrogen) atoms. The third-order valence-electron chi connectivity index (χ3n) is 6.44. The highest BCUT2D eigenvalue weighted by Crippen LogP contribution is 2.21. The van der Waals surface area contributed by atoms with Gasteiger partial charge in [0.15, 0.2) is 9.84 Å². The second-order valence-electron chi connectivity index (χ2n) is 9.85. The summed E-state index contributed by atoms with van der Waals surface area (Å²) in [5.74, 6) is -2.14. The molecule has 0 spiro atoms. The van der Waals surface area contributed by atoms with Crippen molar-refractivity contribution in [3.63, 3.8) is 0 Å². The Kier molecular flexibility index (Phi) is 10.6. The van der Waals surface area contributed by atoms with Crippen molar-refractivity contribution in [2.45, 2.75) is 16.2 Å². The van der Waals surface area contributed by atoms with Gasteiger partial charge in [-0.2, -0.15) is 0 Å². The number of hydrogen-bond donors (Lipinski definition) is 3. The van der Waals surface area contributed by atoms with Crippen LogP contribution in [0.15, 0.2) is 113 Å². The summed E-state index contributed by atoms with van der Waals surface area (Å²) in [6.07, 6.45) is 7.10. The number of carbonyl (C=O) groups is 3. The summed E-state index contributed by atoms with van der Waals surface area (Å²) in [6.45, 7) is 0. The van der Waals surface area contributed by atoms with Crippen LogP contribution in [0.5, 0.6) is 0 Å². The first-order chi connectivity index (χ1) is 21.4. The highest BCUT2D eigenvalue weighted by molar-refractivity contribution is 7.90. The van der Waals surface area contributed by atoms with Gasteiger partial charge in [0.2, 0.25) is 11.8 Å². The lowest BCUT2D eigenvalue weighted by molar-refractivity contribution is -0.112. The molecule has 10 nitrogen and oxygen atoms in total. The molecule has 1 atom stereocenters. The van der Waals surface area contributed by atoms with E-state index in [1.165, 1.54) is 54.6 Å². The highest BCUT2D eigenvalue weighted by Gasteiger charge is 2.13. The molecule has 0 aliphatic heterocycles. The van der Waals surface area contributed by atoms with Gasteiger partial charge in [0.05, 0.1) is 16.1 Å². The summed E-state index contributed by atoms with van der Waals surface area (Å²) >= 11 is -2.32. The molecule has 3 N–H and O–H groups in total. The average Bonchev–Trinajstić information content (AvgIpc) is 3.00. The Morgan fingerprint density at radius 2 is 1.31 bits per heavy atom. The van der Waals surface area contributed by atoms with Crippen LogP contribution in [0.3, 0.4) is 0 Å². The topological polar surface area (TPSA) is 170 Å². The van der Waals surface area contributed by atoms with Gasteiger partial charge in [-0.15, -0.1) is 0 Å². The number of amides is 2. The number of rotatable bonds is 11. The zero-order chi connectivity index (χ0) is 32.6. The number of anilines is 2. The molecule has 0 heterocycles. The van der Waals surface area contributed by atoms with E-state index in [4.69, 9.17) is 0 Å². The van der Waals surface area contributed by atoms with Gasteiger partial charge in [-0.3, -0.25) is 13.8 Å². The van der Waals surface area contributed by atoms with Crippen molar-refractivity contribution < 1.29 is 36.7 Å². The van der Waals surface area contributed by atoms with Crippen LogP contribution in [0.25, 0.3) is 12.2 Å². The molecule has 4 rings (SSSR count). The van der Waals surface area contributed by atoms with Crippen molar-refractivity contribution in [1.29, 1.82) is 0 Å². The van der Waals surface area contributed by atoms with Crippen molar-refractivity contribution >= 4 is 62.2 Å². The zero-order valence-corrected chi connectivity index (χ0v) is 25.4. The van der Waals surface area contributed by atoms with Crippen molar-refractivity contribution in [2.24, 2.45) is 0 Å². The molecule has 0 aliphatic carbocycles. The van der Waals surface area contributed by atoms with Gasteiger partial charge in [-0.05, 0) is 100 Å². The van der Waals surface area contributed by atoms with Crippen LogP contribution in [0, 0.1) is 0 Å². The third-order valence-corrected chi connectivity index (χ3v) is 8.22. The third kappa shape index (κ3) is 9.66. The van der Waals surface area contributed by atoms with Gasteiger partial charge >= 0.3 is 5.97 Å². The summed E-state index contributed by atoms with van der Waals surface area (Å²) in [4.78, 5) is 37.0.